The largest absolute Gasteiger partial charge is 0.466 e. The number of aryl methyl sites for hydroxylation is 2. The monoisotopic (exact) mass is 376 g/mol. The fraction of sp³-hybridized carbons (Fsp3) is 0.421. The van der Waals surface area contributed by atoms with Crippen LogP contribution >= 0.6 is 0 Å². The molecule has 0 spiro atoms. The number of carbonyl (C=O) groups is 1. The molecular weight excluding hydrogens is 352 g/mol. The molecule has 1 aliphatic rings. The van der Waals surface area contributed by atoms with Gasteiger partial charge in [0.15, 0.2) is 0 Å². The molecule has 1 aromatic carbocycles. The van der Waals surface area contributed by atoms with Crippen molar-refractivity contribution in [3.8, 4) is 0 Å². The SMILES string of the molecule is Cc1cc(C(=O)NNS(=O)(=O)c2ccc(C3CCCCC3)cc2)c(C)o1. The van der Waals surface area contributed by atoms with Gasteiger partial charge in [-0.05, 0) is 56.4 Å². The average molecular weight is 376 g/mol. The van der Waals surface area contributed by atoms with Crippen molar-refractivity contribution >= 4 is 15.9 Å². The predicted molar refractivity (Wildman–Crippen MR) is 98.2 cm³/mol. The third-order valence-electron chi connectivity index (χ3n) is 4.85. The van der Waals surface area contributed by atoms with Crippen molar-refractivity contribution in [2.45, 2.75) is 56.8 Å². The van der Waals surface area contributed by atoms with Crippen LogP contribution in [0.25, 0.3) is 0 Å². The first kappa shape index (κ1) is 18.7. The van der Waals surface area contributed by atoms with Crippen LogP contribution in [0.15, 0.2) is 39.6 Å². The molecule has 0 unspecified atom stereocenters. The lowest BCUT2D eigenvalue weighted by Gasteiger charge is -2.22. The second-order valence-corrected chi connectivity index (χ2v) is 8.47. The number of nitrogens with one attached hydrogen (secondary N) is 2. The van der Waals surface area contributed by atoms with Gasteiger partial charge in [0, 0.05) is 0 Å². The van der Waals surface area contributed by atoms with Crippen LogP contribution in [-0.4, -0.2) is 14.3 Å². The molecule has 0 bridgehead atoms. The number of hydrogen-bond acceptors (Lipinski definition) is 4. The van der Waals surface area contributed by atoms with Crippen LogP contribution in [0.5, 0.6) is 0 Å². The van der Waals surface area contributed by atoms with Gasteiger partial charge in [0.1, 0.15) is 11.5 Å². The molecule has 140 valence electrons. The lowest BCUT2D eigenvalue weighted by molar-refractivity contribution is 0.0943. The molecule has 0 aliphatic heterocycles. The van der Waals surface area contributed by atoms with Crippen molar-refractivity contribution in [3.05, 3.63) is 53.0 Å². The minimum absolute atomic E-state index is 0.123. The standard InChI is InChI=1S/C19H24N2O4S/c1-13-12-18(14(2)25-13)19(22)20-21-26(23,24)17-10-8-16(9-11-17)15-6-4-3-5-7-15/h8-12,15,21H,3-7H2,1-2H3,(H,20,22). The minimum Gasteiger partial charge on any atom is -0.466 e. The Kier molecular flexibility index (Phi) is 5.48. The lowest BCUT2D eigenvalue weighted by Crippen LogP contribution is -2.41. The van der Waals surface area contributed by atoms with E-state index in [0.717, 1.165) is 12.8 Å². The van der Waals surface area contributed by atoms with Crippen LogP contribution in [0.3, 0.4) is 0 Å². The molecule has 1 saturated carbocycles. The first-order chi connectivity index (χ1) is 12.4. The van der Waals surface area contributed by atoms with Crippen LogP contribution in [0.4, 0.5) is 0 Å². The van der Waals surface area contributed by atoms with Gasteiger partial charge in [-0.2, -0.15) is 0 Å². The van der Waals surface area contributed by atoms with E-state index in [2.05, 4.69) is 10.3 Å². The maximum atomic E-state index is 12.4. The van der Waals surface area contributed by atoms with E-state index in [1.54, 1.807) is 32.0 Å². The second kappa shape index (κ2) is 7.63. The molecule has 1 heterocycles. The van der Waals surface area contributed by atoms with Gasteiger partial charge in [-0.15, -0.1) is 4.83 Å². The van der Waals surface area contributed by atoms with E-state index in [1.807, 2.05) is 12.1 Å². The Morgan fingerprint density at radius 3 is 2.31 bits per heavy atom. The Morgan fingerprint density at radius 2 is 1.73 bits per heavy atom. The summed E-state index contributed by atoms with van der Waals surface area (Å²) in [7, 11) is -3.83. The van der Waals surface area contributed by atoms with Gasteiger partial charge in [-0.1, -0.05) is 31.4 Å². The topological polar surface area (TPSA) is 88.4 Å². The third kappa shape index (κ3) is 4.16. The van der Waals surface area contributed by atoms with Gasteiger partial charge in [-0.25, -0.2) is 8.42 Å². The summed E-state index contributed by atoms with van der Waals surface area (Å²) in [6.45, 7) is 3.38. The van der Waals surface area contributed by atoms with E-state index in [4.69, 9.17) is 4.42 Å². The first-order valence-corrected chi connectivity index (χ1v) is 10.3. The van der Waals surface area contributed by atoms with Crippen LogP contribution in [-0.2, 0) is 10.0 Å². The highest BCUT2D eigenvalue weighted by Crippen LogP contribution is 2.32. The molecular formula is C19H24N2O4S. The van der Waals surface area contributed by atoms with Gasteiger partial charge >= 0.3 is 0 Å². The van der Waals surface area contributed by atoms with Gasteiger partial charge in [0.2, 0.25) is 0 Å². The zero-order valence-corrected chi connectivity index (χ0v) is 15.9. The highest BCUT2D eigenvalue weighted by Gasteiger charge is 2.20. The van der Waals surface area contributed by atoms with Crippen molar-refractivity contribution in [1.82, 2.24) is 10.3 Å². The van der Waals surface area contributed by atoms with Gasteiger partial charge in [0.25, 0.3) is 15.9 Å². The highest BCUT2D eigenvalue weighted by atomic mass is 32.2. The Balaban J connectivity index is 1.66. The Bertz CT molecular complexity index is 879. The van der Waals surface area contributed by atoms with Crippen LogP contribution < -0.4 is 10.3 Å². The fourth-order valence-corrected chi connectivity index (χ4v) is 4.29. The Labute approximate surface area is 154 Å². The zero-order chi connectivity index (χ0) is 18.7. The van der Waals surface area contributed by atoms with Crippen molar-refractivity contribution in [3.63, 3.8) is 0 Å². The van der Waals surface area contributed by atoms with E-state index in [1.165, 1.54) is 24.8 Å². The molecule has 0 atom stereocenters. The van der Waals surface area contributed by atoms with Gasteiger partial charge in [-0.3, -0.25) is 10.2 Å². The van der Waals surface area contributed by atoms with Crippen LogP contribution in [0.2, 0.25) is 0 Å². The van der Waals surface area contributed by atoms with Gasteiger partial charge in [0.05, 0.1) is 10.5 Å². The molecule has 2 aromatic rings. The Morgan fingerprint density at radius 1 is 1.08 bits per heavy atom. The molecule has 1 aromatic heterocycles. The number of benzene rings is 1. The Hall–Kier alpha value is -2.12. The first-order valence-electron chi connectivity index (χ1n) is 8.86. The molecule has 1 fully saturated rings. The highest BCUT2D eigenvalue weighted by molar-refractivity contribution is 7.89. The van der Waals surface area contributed by atoms with Crippen molar-refractivity contribution < 1.29 is 17.6 Å². The van der Waals surface area contributed by atoms with Crippen LogP contribution in [0.1, 0.15) is 65.5 Å². The molecule has 1 aliphatic carbocycles. The summed E-state index contributed by atoms with van der Waals surface area (Å²) in [5, 5.41) is 0. The number of furan rings is 1. The summed E-state index contributed by atoms with van der Waals surface area (Å²) in [5.41, 5.74) is 3.71. The number of carbonyl (C=O) groups excluding carboxylic acids is 1. The summed E-state index contributed by atoms with van der Waals surface area (Å²) >= 11 is 0. The van der Waals surface area contributed by atoms with Gasteiger partial charge < -0.3 is 4.42 Å². The van der Waals surface area contributed by atoms with E-state index in [-0.39, 0.29) is 4.90 Å². The number of sulfonamides is 1. The quantitative estimate of drug-likeness (QED) is 0.781. The molecule has 6 nitrogen and oxygen atoms in total. The van der Waals surface area contributed by atoms with E-state index >= 15 is 0 Å². The smallest absolute Gasteiger partial charge is 0.269 e. The van der Waals surface area contributed by atoms with Crippen molar-refractivity contribution in [1.29, 1.82) is 0 Å². The molecule has 7 heteroatoms. The van der Waals surface area contributed by atoms with E-state index in [9.17, 15) is 13.2 Å². The molecule has 0 radical (unpaired) electrons. The summed E-state index contributed by atoms with van der Waals surface area (Å²) in [6.07, 6.45) is 6.05. The molecule has 2 N–H and O–H groups in total. The summed E-state index contributed by atoms with van der Waals surface area (Å²) in [4.78, 5) is 14.4. The van der Waals surface area contributed by atoms with E-state index < -0.39 is 15.9 Å². The molecule has 26 heavy (non-hydrogen) atoms. The second-order valence-electron chi connectivity index (χ2n) is 6.79. The molecule has 3 rings (SSSR count). The maximum absolute atomic E-state index is 12.4. The molecule has 1 amide bonds. The number of amides is 1. The van der Waals surface area contributed by atoms with Crippen molar-refractivity contribution in [2.75, 3.05) is 0 Å². The van der Waals surface area contributed by atoms with Crippen LogP contribution in [0, 0.1) is 13.8 Å². The third-order valence-corrected chi connectivity index (χ3v) is 6.12. The summed E-state index contributed by atoms with van der Waals surface area (Å²) in [6, 6.07) is 8.49. The summed E-state index contributed by atoms with van der Waals surface area (Å²) < 4.78 is 30.1. The normalized spacial score (nSPS) is 15.8. The van der Waals surface area contributed by atoms with Crippen molar-refractivity contribution in [2.24, 2.45) is 0 Å². The molecule has 0 saturated heterocycles. The fourth-order valence-electron chi connectivity index (χ4n) is 3.45. The number of hydrogen-bond donors (Lipinski definition) is 2. The predicted octanol–water partition coefficient (Wildman–Crippen LogP) is 3.57. The van der Waals surface area contributed by atoms with E-state index in [0.29, 0.717) is 23.0 Å². The number of rotatable bonds is 5. The average Bonchev–Trinajstić information content (AvgIpc) is 2.99. The summed E-state index contributed by atoms with van der Waals surface area (Å²) in [5.74, 6) is 0.993. The lowest BCUT2D eigenvalue weighted by atomic mass is 9.84. The number of hydrazine groups is 1. The minimum atomic E-state index is -3.83. The zero-order valence-electron chi connectivity index (χ0n) is 15.0. The maximum Gasteiger partial charge on any atom is 0.269 e.